The molecule has 0 bridgehead atoms. The Morgan fingerprint density at radius 1 is 1.14 bits per heavy atom. The van der Waals surface area contributed by atoms with E-state index in [1.54, 1.807) is 6.92 Å². The molecule has 0 heterocycles. The van der Waals surface area contributed by atoms with Crippen LogP contribution in [0.4, 0.5) is 0 Å². The second kappa shape index (κ2) is 9.17. The van der Waals surface area contributed by atoms with E-state index in [0.29, 0.717) is 29.6 Å². The second-order valence-electron chi connectivity index (χ2n) is 6.10. The third-order valence-electron chi connectivity index (χ3n) is 3.27. The lowest BCUT2D eigenvalue weighted by Gasteiger charge is -2.30. The van der Waals surface area contributed by atoms with E-state index >= 15 is 0 Å². The summed E-state index contributed by atoms with van der Waals surface area (Å²) in [5, 5.41) is 2.79. The molecule has 0 aliphatic carbocycles. The Morgan fingerprint density at radius 2 is 1.71 bits per heavy atom. The van der Waals surface area contributed by atoms with Crippen molar-refractivity contribution < 1.29 is 22.2 Å². The molecule has 0 spiro atoms. The van der Waals surface area contributed by atoms with Crippen molar-refractivity contribution in [2.75, 3.05) is 39.5 Å². The van der Waals surface area contributed by atoms with Crippen molar-refractivity contribution in [3.8, 4) is 0 Å². The summed E-state index contributed by atoms with van der Waals surface area (Å²) < 4.78 is 32.3. The molecule has 0 fully saturated rings. The Labute approximate surface area is 128 Å². The Balaban J connectivity index is 3.70. The van der Waals surface area contributed by atoms with Gasteiger partial charge in [0.1, 0.15) is 0 Å². The van der Waals surface area contributed by atoms with Crippen LogP contribution in [0.3, 0.4) is 0 Å². The zero-order valence-electron chi connectivity index (χ0n) is 13.4. The summed E-state index contributed by atoms with van der Waals surface area (Å²) in [6.45, 7) is 7.49. The van der Waals surface area contributed by atoms with Gasteiger partial charge in [-0.05, 0) is 26.2 Å². The number of nitrogens with one attached hydrogen (secondary N) is 1. The van der Waals surface area contributed by atoms with Crippen LogP contribution in [0.5, 0.6) is 0 Å². The lowest BCUT2D eigenvalue weighted by molar-refractivity contribution is -0.890. The Bertz CT molecular complexity index is 444. The minimum atomic E-state index is -4.10. The molecule has 0 aromatic heterocycles. The Hall–Kier alpha value is -0.920. The standard InChI is InChI=1S/C14H28N2O4S/c1-13(2)14(17)15-9-6-5-7-10-16(3,4)11-8-12-21(18,19)20/h1,5-12H2,2-4H3,(H-,15,17,18,19,20). The van der Waals surface area contributed by atoms with Crippen molar-refractivity contribution in [3.63, 3.8) is 0 Å². The minimum absolute atomic E-state index is 0.107. The molecule has 1 N–H and O–H groups in total. The van der Waals surface area contributed by atoms with Crippen LogP contribution in [0.2, 0.25) is 0 Å². The molecule has 0 saturated carbocycles. The molecule has 0 atom stereocenters. The summed E-state index contributed by atoms with van der Waals surface area (Å²) in [7, 11) is -0.0455. The average Bonchev–Trinajstić information content (AvgIpc) is 2.30. The predicted molar refractivity (Wildman–Crippen MR) is 82.7 cm³/mol. The van der Waals surface area contributed by atoms with Gasteiger partial charge >= 0.3 is 0 Å². The second-order valence-corrected chi connectivity index (χ2v) is 7.62. The number of quaternary nitrogens is 1. The van der Waals surface area contributed by atoms with Crippen molar-refractivity contribution in [1.82, 2.24) is 5.32 Å². The molecule has 1 amide bonds. The van der Waals surface area contributed by atoms with Crippen LogP contribution >= 0.6 is 0 Å². The van der Waals surface area contributed by atoms with Gasteiger partial charge < -0.3 is 14.4 Å². The van der Waals surface area contributed by atoms with Gasteiger partial charge in [-0.25, -0.2) is 8.42 Å². The highest BCUT2D eigenvalue weighted by molar-refractivity contribution is 7.85. The topological polar surface area (TPSA) is 86.3 Å². The van der Waals surface area contributed by atoms with Gasteiger partial charge in [-0.15, -0.1) is 0 Å². The van der Waals surface area contributed by atoms with Gasteiger partial charge in [0.2, 0.25) is 5.91 Å². The molecule has 0 aromatic carbocycles. The smallest absolute Gasteiger partial charge is 0.246 e. The molecule has 0 aliphatic heterocycles. The van der Waals surface area contributed by atoms with Gasteiger partial charge in [0.25, 0.3) is 0 Å². The maximum atomic E-state index is 11.2. The SMILES string of the molecule is C=C(C)C(=O)NCCCCC[N+](C)(C)CCCS(=O)(=O)[O-]. The number of hydrogen-bond donors (Lipinski definition) is 1. The first-order chi connectivity index (χ1) is 9.53. The molecule has 0 unspecified atom stereocenters. The van der Waals surface area contributed by atoms with E-state index in [4.69, 9.17) is 0 Å². The number of hydrogen-bond acceptors (Lipinski definition) is 4. The first-order valence-corrected chi connectivity index (χ1v) is 8.80. The van der Waals surface area contributed by atoms with E-state index in [-0.39, 0.29) is 11.7 Å². The van der Waals surface area contributed by atoms with E-state index in [9.17, 15) is 17.8 Å². The van der Waals surface area contributed by atoms with Crippen LogP contribution in [0.1, 0.15) is 32.6 Å². The lowest BCUT2D eigenvalue weighted by Crippen LogP contribution is -2.41. The van der Waals surface area contributed by atoms with Gasteiger partial charge in [-0.3, -0.25) is 4.79 Å². The third-order valence-corrected chi connectivity index (χ3v) is 4.06. The summed E-state index contributed by atoms with van der Waals surface area (Å²) in [5.74, 6) is -0.397. The van der Waals surface area contributed by atoms with E-state index in [1.165, 1.54) is 0 Å². The van der Waals surface area contributed by atoms with E-state index in [0.717, 1.165) is 25.8 Å². The molecule has 0 aliphatic rings. The van der Waals surface area contributed by atoms with Crippen molar-refractivity contribution in [1.29, 1.82) is 0 Å². The van der Waals surface area contributed by atoms with Crippen LogP contribution in [0.15, 0.2) is 12.2 Å². The highest BCUT2D eigenvalue weighted by Gasteiger charge is 2.14. The van der Waals surface area contributed by atoms with Gasteiger partial charge in [0.15, 0.2) is 0 Å². The molecule has 21 heavy (non-hydrogen) atoms. The summed E-state index contributed by atoms with van der Waals surface area (Å²) in [6, 6.07) is 0. The number of nitrogens with zero attached hydrogens (tertiary/aromatic N) is 1. The molecular formula is C14H28N2O4S. The average molecular weight is 320 g/mol. The highest BCUT2D eigenvalue weighted by Crippen LogP contribution is 2.05. The fourth-order valence-corrected chi connectivity index (χ4v) is 2.46. The van der Waals surface area contributed by atoms with Crippen molar-refractivity contribution >= 4 is 16.0 Å². The van der Waals surface area contributed by atoms with Crippen LogP contribution in [-0.2, 0) is 14.9 Å². The monoisotopic (exact) mass is 320 g/mol. The van der Waals surface area contributed by atoms with Gasteiger partial charge in [0.05, 0.1) is 37.3 Å². The predicted octanol–water partition coefficient (Wildman–Crippen LogP) is 0.861. The molecule has 0 aromatic rings. The maximum Gasteiger partial charge on any atom is 0.246 e. The van der Waals surface area contributed by atoms with E-state index < -0.39 is 10.1 Å². The lowest BCUT2D eigenvalue weighted by atomic mass is 10.2. The molecule has 7 heteroatoms. The fourth-order valence-electron chi connectivity index (χ4n) is 1.98. The van der Waals surface area contributed by atoms with Crippen LogP contribution in [0.25, 0.3) is 0 Å². The summed E-state index contributed by atoms with van der Waals surface area (Å²) in [4.78, 5) is 11.2. The van der Waals surface area contributed by atoms with Gasteiger partial charge in [-0.1, -0.05) is 6.58 Å². The fraction of sp³-hybridized carbons (Fsp3) is 0.786. The number of amides is 1. The van der Waals surface area contributed by atoms with Gasteiger partial charge in [-0.2, -0.15) is 0 Å². The summed E-state index contributed by atoms with van der Waals surface area (Å²) >= 11 is 0. The first kappa shape index (κ1) is 20.1. The summed E-state index contributed by atoms with van der Waals surface area (Å²) in [5.41, 5.74) is 0.515. The van der Waals surface area contributed by atoms with Crippen molar-refractivity contribution in [2.24, 2.45) is 0 Å². The first-order valence-electron chi connectivity index (χ1n) is 7.23. The van der Waals surface area contributed by atoms with Crippen LogP contribution in [0, 0.1) is 0 Å². The van der Waals surface area contributed by atoms with E-state index in [2.05, 4.69) is 11.9 Å². The normalized spacial score (nSPS) is 12.2. The number of unbranched alkanes of at least 4 members (excludes halogenated alkanes) is 2. The zero-order chi connectivity index (χ0) is 16.5. The maximum absolute atomic E-state index is 11.2. The summed E-state index contributed by atoms with van der Waals surface area (Å²) in [6.07, 6.45) is 3.31. The van der Waals surface area contributed by atoms with Crippen LogP contribution in [-0.4, -0.2) is 62.8 Å². The number of carbonyl (C=O) groups excluding carboxylic acids is 1. The Morgan fingerprint density at radius 3 is 2.24 bits per heavy atom. The van der Waals surface area contributed by atoms with Crippen molar-refractivity contribution in [3.05, 3.63) is 12.2 Å². The third kappa shape index (κ3) is 12.5. The van der Waals surface area contributed by atoms with Crippen molar-refractivity contribution in [2.45, 2.75) is 32.6 Å². The minimum Gasteiger partial charge on any atom is -0.748 e. The zero-order valence-corrected chi connectivity index (χ0v) is 14.2. The molecular weight excluding hydrogens is 292 g/mol. The number of rotatable bonds is 11. The molecule has 0 saturated heterocycles. The van der Waals surface area contributed by atoms with Crippen LogP contribution < -0.4 is 5.32 Å². The van der Waals surface area contributed by atoms with Gasteiger partial charge in [0, 0.05) is 24.3 Å². The largest absolute Gasteiger partial charge is 0.748 e. The highest BCUT2D eigenvalue weighted by atomic mass is 32.2. The Kier molecular flexibility index (Phi) is 8.77. The molecule has 0 radical (unpaired) electrons. The quantitative estimate of drug-likeness (QED) is 0.265. The van der Waals surface area contributed by atoms with E-state index in [1.807, 2.05) is 14.1 Å². The number of carbonyl (C=O) groups is 1. The molecule has 0 rings (SSSR count). The molecule has 124 valence electrons. The molecule has 6 nitrogen and oxygen atoms in total.